The highest BCUT2D eigenvalue weighted by atomic mass is 32.1. The predicted molar refractivity (Wildman–Crippen MR) is 82.2 cm³/mol. The van der Waals surface area contributed by atoms with Gasteiger partial charge in [0.2, 0.25) is 0 Å². The SMILES string of the molecule is C1CC1.Nc1nc2ccc(-c3cccs3)cn2c1C=O. The lowest BCUT2D eigenvalue weighted by Gasteiger charge is -2.00. The lowest BCUT2D eigenvalue weighted by atomic mass is 10.2. The summed E-state index contributed by atoms with van der Waals surface area (Å²) >= 11 is 1.65. The topological polar surface area (TPSA) is 60.4 Å². The minimum atomic E-state index is 0.267. The molecule has 0 spiro atoms. The van der Waals surface area contributed by atoms with Crippen LogP contribution in [0.2, 0.25) is 0 Å². The average Bonchev–Trinajstić information content (AvgIpc) is 3.17. The molecule has 0 unspecified atom stereocenters. The number of thiophene rings is 1. The summed E-state index contributed by atoms with van der Waals surface area (Å²) in [4.78, 5) is 16.2. The highest BCUT2D eigenvalue weighted by molar-refractivity contribution is 7.13. The Hall–Kier alpha value is -2.14. The van der Waals surface area contributed by atoms with E-state index in [1.165, 1.54) is 19.3 Å². The molecule has 1 fully saturated rings. The first-order chi connectivity index (χ1) is 9.79. The maximum atomic E-state index is 11.0. The van der Waals surface area contributed by atoms with E-state index in [9.17, 15) is 4.79 Å². The Morgan fingerprint density at radius 1 is 1.25 bits per heavy atom. The van der Waals surface area contributed by atoms with E-state index in [-0.39, 0.29) is 5.82 Å². The van der Waals surface area contributed by atoms with Gasteiger partial charge in [-0.3, -0.25) is 9.20 Å². The number of anilines is 1. The van der Waals surface area contributed by atoms with E-state index in [0.29, 0.717) is 11.3 Å². The van der Waals surface area contributed by atoms with Crippen LogP contribution < -0.4 is 5.73 Å². The molecule has 102 valence electrons. The minimum absolute atomic E-state index is 0.267. The zero-order valence-electron chi connectivity index (χ0n) is 11.0. The average molecular weight is 285 g/mol. The number of hydrogen-bond acceptors (Lipinski definition) is 4. The molecular formula is C15H15N3OS. The third kappa shape index (κ3) is 2.58. The van der Waals surface area contributed by atoms with Crippen LogP contribution >= 0.6 is 11.3 Å². The molecule has 5 heteroatoms. The lowest BCUT2D eigenvalue weighted by Crippen LogP contribution is -1.94. The van der Waals surface area contributed by atoms with Crippen molar-refractivity contribution >= 4 is 29.1 Å². The van der Waals surface area contributed by atoms with Gasteiger partial charge >= 0.3 is 0 Å². The molecule has 3 heterocycles. The van der Waals surface area contributed by atoms with E-state index in [0.717, 1.165) is 16.7 Å². The molecule has 0 bridgehead atoms. The molecule has 1 aliphatic rings. The van der Waals surface area contributed by atoms with Crippen LogP contribution in [0.25, 0.3) is 16.1 Å². The van der Waals surface area contributed by atoms with Gasteiger partial charge in [-0.15, -0.1) is 11.3 Å². The van der Waals surface area contributed by atoms with Gasteiger partial charge in [-0.2, -0.15) is 0 Å². The molecule has 0 aromatic carbocycles. The number of carbonyl (C=O) groups is 1. The summed E-state index contributed by atoms with van der Waals surface area (Å²) in [7, 11) is 0. The first kappa shape index (κ1) is 12.9. The molecule has 1 saturated carbocycles. The number of pyridine rings is 1. The fraction of sp³-hybridized carbons (Fsp3) is 0.200. The second kappa shape index (κ2) is 5.46. The number of rotatable bonds is 2. The Bertz CT molecular complexity index is 726. The van der Waals surface area contributed by atoms with Crippen LogP contribution in [-0.2, 0) is 0 Å². The first-order valence-corrected chi connectivity index (χ1v) is 7.44. The van der Waals surface area contributed by atoms with Crippen molar-refractivity contribution in [1.29, 1.82) is 0 Å². The second-order valence-corrected chi connectivity index (χ2v) is 5.63. The zero-order valence-corrected chi connectivity index (χ0v) is 11.8. The van der Waals surface area contributed by atoms with E-state index in [4.69, 9.17) is 5.73 Å². The van der Waals surface area contributed by atoms with Crippen molar-refractivity contribution in [3.8, 4) is 10.4 Å². The van der Waals surface area contributed by atoms with Gasteiger partial charge < -0.3 is 5.73 Å². The van der Waals surface area contributed by atoms with Gasteiger partial charge in [-0.1, -0.05) is 25.3 Å². The molecule has 20 heavy (non-hydrogen) atoms. The van der Waals surface area contributed by atoms with Gasteiger partial charge in [0.1, 0.15) is 11.3 Å². The molecule has 3 aromatic heterocycles. The normalized spacial score (nSPS) is 12.8. The van der Waals surface area contributed by atoms with E-state index >= 15 is 0 Å². The van der Waals surface area contributed by atoms with Gasteiger partial charge in [-0.25, -0.2) is 4.98 Å². The van der Waals surface area contributed by atoms with Crippen LogP contribution in [0.15, 0.2) is 35.8 Å². The molecule has 3 aromatic rings. The van der Waals surface area contributed by atoms with Crippen molar-refractivity contribution in [3.05, 3.63) is 41.5 Å². The summed E-state index contributed by atoms with van der Waals surface area (Å²) in [6.45, 7) is 0. The quantitative estimate of drug-likeness (QED) is 0.731. The van der Waals surface area contributed by atoms with Crippen LogP contribution in [0, 0.1) is 0 Å². The summed E-state index contributed by atoms with van der Waals surface area (Å²) in [5, 5.41) is 2.02. The largest absolute Gasteiger partial charge is 0.382 e. The smallest absolute Gasteiger partial charge is 0.170 e. The van der Waals surface area contributed by atoms with Gasteiger partial charge in [0.25, 0.3) is 0 Å². The van der Waals surface area contributed by atoms with Gasteiger partial charge in [0.05, 0.1) is 0 Å². The van der Waals surface area contributed by atoms with Gasteiger partial charge in [0, 0.05) is 16.6 Å². The number of imidazole rings is 1. The Labute approximate surface area is 120 Å². The monoisotopic (exact) mass is 285 g/mol. The van der Waals surface area contributed by atoms with Crippen LogP contribution in [-0.4, -0.2) is 15.7 Å². The number of aldehydes is 1. The van der Waals surface area contributed by atoms with Crippen molar-refractivity contribution in [1.82, 2.24) is 9.38 Å². The molecule has 0 radical (unpaired) electrons. The van der Waals surface area contributed by atoms with E-state index < -0.39 is 0 Å². The molecule has 0 aliphatic heterocycles. The van der Waals surface area contributed by atoms with Crippen LogP contribution in [0.1, 0.15) is 29.8 Å². The Kier molecular flexibility index (Phi) is 3.52. The third-order valence-electron chi connectivity index (χ3n) is 2.95. The van der Waals surface area contributed by atoms with Crippen molar-refractivity contribution in [2.24, 2.45) is 0 Å². The number of aromatic nitrogens is 2. The second-order valence-electron chi connectivity index (χ2n) is 4.68. The van der Waals surface area contributed by atoms with Crippen molar-refractivity contribution < 1.29 is 4.79 Å². The zero-order chi connectivity index (χ0) is 13.9. The Balaban J connectivity index is 0.000000358. The first-order valence-electron chi connectivity index (χ1n) is 6.56. The Morgan fingerprint density at radius 3 is 2.65 bits per heavy atom. The third-order valence-corrected chi connectivity index (χ3v) is 3.87. The highest BCUT2D eigenvalue weighted by Crippen LogP contribution is 2.25. The van der Waals surface area contributed by atoms with Crippen molar-refractivity contribution in [2.45, 2.75) is 19.3 Å². The Morgan fingerprint density at radius 2 is 2.05 bits per heavy atom. The maximum absolute atomic E-state index is 11.0. The number of carbonyl (C=O) groups excluding carboxylic acids is 1. The van der Waals surface area contributed by atoms with Crippen LogP contribution in [0.5, 0.6) is 0 Å². The number of nitrogens with two attached hydrogens (primary N) is 1. The van der Waals surface area contributed by atoms with Gasteiger partial charge in [-0.05, 0) is 23.6 Å². The number of nitrogens with zero attached hydrogens (tertiary/aromatic N) is 2. The lowest BCUT2D eigenvalue weighted by molar-refractivity contribution is 0.111. The van der Waals surface area contributed by atoms with Crippen LogP contribution in [0.3, 0.4) is 0 Å². The van der Waals surface area contributed by atoms with Crippen molar-refractivity contribution in [3.63, 3.8) is 0 Å². The summed E-state index contributed by atoms with van der Waals surface area (Å²) in [6, 6.07) is 7.86. The molecule has 0 saturated heterocycles. The summed E-state index contributed by atoms with van der Waals surface area (Å²) < 4.78 is 1.72. The maximum Gasteiger partial charge on any atom is 0.170 e. The fourth-order valence-corrected chi connectivity index (χ4v) is 2.50. The van der Waals surface area contributed by atoms with Crippen LogP contribution in [0.4, 0.5) is 5.82 Å². The fourth-order valence-electron chi connectivity index (χ4n) is 1.79. The molecule has 4 nitrogen and oxygen atoms in total. The molecule has 1 aliphatic carbocycles. The highest BCUT2D eigenvalue weighted by Gasteiger charge is 2.09. The number of hydrogen-bond donors (Lipinski definition) is 1. The molecule has 4 rings (SSSR count). The summed E-state index contributed by atoms with van der Waals surface area (Å²) in [5.41, 5.74) is 7.81. The molecule has 0 atom stereocenters. The molecule has 2 N–H and O–H groups in total. The number of fused-ring (bicyclic) bond motifs is 1. The van der Waals surface area contributed by atoms with Crippen molar-refractivity contribution in [2.75, 3.05) is 5.73 Å². The van der Waals surface area contributed by atoms with E-state index in [2.05, 4.69) is 4.98 Å². The summed E-state index contributed by atoms with van der Waals surface area (Å²) in [6.07, 6.45) is 7.11. The standard InChI is InChI=1S/C12H9N3OS.C3H6/c13-12-9(7-16)15-6-8(3-4-11(15)14-12)10-2-1-5-17-10;1-2-3-1/h1-7H,13H2;1-3H2. The molecule has 0 amide bonds. The van der Waals surface area contributed by atoms with E-state index in [1.807, 2.05) is 35.8 Å². The summed E-state index contributed by atoms with van der Waals surface area (Å²) in [5.74, 6) is 0.267. The predicted octanol–water partition coefficient (Wildman–Crippen LogP) is 3.63. The van der Waals surface area contributed by atoms with Gasteiger partial charge in [0.15, 0.2) is 12.1 Å². The number of nitrogen functional groups attached to an aromatic ring is 1. The minimum Gasteiger partial charge on any atom is -0.382 e. The molecular weight excluding hydrogens is 270 g/mol. The van der Waals surface area contributed by atoms with E-state index in [1.54, 1.807) is 15.7 Å².